The third-order valence-electron chi connectivity index (χ3n) is 4.34. The van der Waals surface area contributed by atoms with Gasteiger partial charge in [-0.3, -0.25) is 0 Å². The first-order chi connectivity index (χ1) is 11.6. The van der Waals surface area contributed by atoms with Crippen LogP contribution in [0.15, 0.2) is 42.7 Å². The second kappa shape index (κ2) is 7.29. The van der Waals surface area contributed by atoms with Gasteiger partial charge in [-0.15, -0.1) is 0 Å². The van der Waals surface area contributed by atoms with E-state index in [-0.39, 0.29) is 12.1 Å². The summed E-state index contributed by atoms with van der Waals surface area (Å²) in [4.78, 5) is 25.2. The van der Waals surface area contributed by atoms with Crippen molar-refractivity contribution in [2.45, 2.75) is 25.8 Å². The van der Waals surface area contributed by atoms with Crippen molar-refractivity contribution < 1.29 is 4.79 Å². The number of carbonyl (C=O) groups excluding carboxylic acids is 1. The van der Waals surface area contributed by atoms with Crippen LogP contribution in [-0.4, -0.2) is 47.1 Å². The molecule has 0 saturated carbocycles. The molecule has 0 aliphatic carbocycles. The van der Waals surface area contributed by atoms with Gasteiger partial charge in [0.05, 0.1) is 0 Å². The third kappa shape index (κ3) is 3.82. The maximum Gasteiger partial charge on any atom is 0.321 e. The Balaban J connectivity index is 1.63. The second-order valence-corrected chi connectivity index (χ2v) is 6.21. The van der Waals surface area contributed by atoms with Gasteiger partial charge in [0.25, 0.3) is 0 Å². The molecule has 1 aromatic carbocycles. The Labute approximate surface area is 142 Å². The van der Waals surface area contributed by atoms with Crippen LogP contribution in [0.4, 0.5) is 16.4 Å². The van der Waals surface area contributed by atoms with Crippen LogP contribution >= 0.6 is 0 Å². The maximum atomic E-state index is 12.5. The number of hydrogen-bond donors (Lipinski definition) is 1. The number of anilines is 2. The maximum absolute atomic E-state index is 12.5. The fourth-order valence-corrected chi connectivity index (χ4v) is 2.91. The van der Waals surface area contributed by atoms with Crippen LogP contribution in [0, 0.1) is 6.92 Å². The Bertz CT molecular complexity index is 674. The van der Waals surface area contributed by atoms with Crippen molar-refractivity contribution in [1.29, 1.82) is 0 Å². The van der Waals surface area contributed by atoms with Gasteiger partial charge < -0.3 is 15.1 Å². The Morgan fingerprint density at radius 2 is 1.96 bits per heavy atom. The van der Waals surface area contributed by atoms with Gasteiger partial charge in [-0.05, 0) is 37.5 Å². The summed E-state index contributed by atoms with van der Waals surface area (Å²) in [7, 11) is 1.99. The number of nitrogens with one attached hydrogen (secondary N) is 1. The number of para-hydroxylation sites is 1. The van der Waals surface area contributed by atoms with Crippen molar-refractivity contribution in [3.63, 3.8) is 0 Å². The average molecular weight is 325 g/mol. The van der Waals surface area contributed by atoms with E-state index >= 15 is 0 Å². The average Bonchev–Trinajstić information content (AvgIpc) is 2.63. The van der Waals surface area contributed by atoms with Crippen molar-refractivity contribution >= 4 is 17.7 Å². The van der Waals surface area contributed by atoms with Crippen LogP contribution in [0.1, 0.15) is 18.4 Å². The Kier molecular flexibility index (Phi) is 4.93. The zero-order chi connectivity index (χ0) is 16.9. The molecular weight excluding hydrogens is 302 g/mol. The van der Waals surface area contributed by atoms with Gasteiger partial charge in [-0.1, -0.05) is 18.2 Å². The lowest BCUT2D eigenvalue weighted by molar-refractivity contribution is 0.192. The first-order valence-electron chi connectivity index (χ1n) is 8.26. The van der Waals surface area contributed by atoms with E-state index in [9.17, 15) is 4.79 Å². The number of carbonyl (C=O) groups is 1. The molecule has 1 aliphatic heterocycles. The minimum atomic E-state index is -0.0517. The van der Waals surface area contributed by atoms with E-state index in [4.69, 9.17) is 0 Å². The number of piperidine rings is 1. The number of amides is 2. The molecule has 1 fully saturated rings. The number of hydrogen-bond acceptors (Lipinski definition) is 4. The molecule has 1 unspecified atom stereocenters. The van der Waals surface area contributed by atoms with Crippen LogP contribution in [0.25, 0.3) is 0 Å². The summed E-state index contributed by atoms with van der Waals surface area (Å²) in [6.07, 6.45) is 5.65. The number of benzene rings is 1. The summed E-state index contributed by atoms with van der Waals surface area (Å²) in [5.74, 6) is 0.705. The van der Waals surface area contributed by atoms with Crippen molar-refractivity contribution in [3.05, 3.63) is 48.3 Å². The Morgan fingerprint density at radius 1 is 1.25 bits per heavy atom. The van der Waals surface area contributed by atoms with E-state index in [1.165, 1.54) is 0 Å². The fraction of sp³-hybridized carbons (Fsp3) is 0.389. The molecule has 126 valence electrons. The van der Waals surface area contributed by atoms with Crippen LogP contribution in [-0.2, 0) is 0 Å². The van der Waals surface area contributed by atoms with Crippen LogP contribution in [0.3, 0.4) is 0 Å². The number of aromatic nitrogens is 2. The summed E-state index contributed by atoms with van der Waals surface area (Å²) in [6, 6.07) is 9.72. The molecular formula is C18H23N5O. The molecule has 2 heterocycles. The number of likely N-dealkylation sites (N-methyl/N-ethyl adjacent to an activating group) is 1. The largest absolute Gasteiger partial charge is 0.339 e. The molecule has 0 radical (unpaired) electrons. The van der Waals surface area contributed by atoms with Gasteiger partial charge >= 0.3 is 6.03 Å². The van der Waals surface area contributed by atoms with Crippen LogP contribution < -0.4 is 10.2 Å². The zero-order valence-electron chi connectivity index (χ0n) is 14.1. The van der Waals surface area contributed by atoms with Crippen LogP contribution in [0.2, 0.25) is 0 Å². The van der Waals surface area contributed by atoms with Gasteiger partial charge in [0.15, 0.2) is 0 Å². The number of urea groups is 1. The molecule has 6 heteroatoms. The monoisotopic (exact) mass is 325 g/mol. The highest BCUT2D eigenvalue weighted by molar-refractivity contribution is 5.89. The minimum Gasteiger partial charge on any atom is -0.339 e. The molecule has 1 atom stereocenters. The number of likely N-dealkylation sites (tertiary alicyclic amines) is 1. The Morgan fingerprint density at radius 3 is 2.67 bits per heavy atom. The molecule has 24 heavy (non-hydrogen) atoms. The number of aryl methyl sites for hydroxylation is 1. The first kappa shape index (κ1) is 16.2. The van der Waals surface area contributed by atoms with E-state index in [1.54, 1.807) is 0 Å². The standard InChI is InChI=1S/C18H23N5O/c1-14-11-19-17(20-12-14)22(2)16-9-6-10-23(13-16)18(24)21-15-7-4-3-5-8-15/h3-5,7-8,11-12,16H,6,9-10,13H2,1-2H3,(H,21,24). The molecule has 3 rings (SSSR count). The number of rotatable bonds is 3. The van der Waals surface area contributed by atoms with E-state index in [2.05, 4.69) is 20.2 Å². The fourth-order valence-electron chi connectivity index (χ4n) is 2.91. The van der Waals surface area contributed by atoms with E-state index < -0.39 is 0 Å². The normalized spacial score (nSPS) is 17.4. The third-order valence-corrected chi connectivity index (χ3v) is 4.34. The predicted octanol–water partition coefficient (Wildman–Crippen LogP) is 2.92. The van der Waals surface area contributed by atoms with Crippen LogP contribution in [0.5, 0.6) is 0 Å². The highest BCUT2D eigenvalue weighted by atomic mass is 16.2. The quantitative estimate of drug-likeness (QED) is 0.942. The van der Waals surface area contributed by atoms with Gasteiger partial charge in [-0.2, -0.15) is 0 Å². The van der Waals surface area contributed by atoms with Crippen molar-refractivity contribution in [3.8, 4) is 0 Å². The lowest BCUT2D eigenvalue weighted by Gasteiger charge is -2.37. The summed E-state index contributed by atoms with van der Waals surface area (Å²) in [5, 5.41) is 2.96. The number of nitrogens with zero attached hydrogens (tertiary/aromatic N) is 4. The molecule has 6 nitrogen and oxygen atoms in total. The minimum absolute atomic E-state index is 0.0517. The molecule has 0 bridgehead atoms. The van der Waals surface area contributed by atoms with E-state index in [1.807, 2.05) is 61.6 Å². The van der Waals surface area contributed by atoms with E-state index in [0.29, 0.717) is 12.5 Å². The summed E-state index contributed by atoms with van der Waals surface area (Å²) in [5.41, 5.74) is 1.86. The summed E-state index contributed by atoms with van der Waals surface area (Å²) < 4.78 is 0. The molecule has 0 spiro atoms. The molecule has 2 amide bonds. The van der Waals surface area contributed by atoms with Gasteiger partial charge in [0, 0.05) is 44.3 Å². The first-order valence-corrected chi connectivity index (χ1v) is 8.26. The molecule has 1 saturated heterocycles. The highest BCUT2D eigenvalue weighted by Gasteiger charge is 2.27. The van der Waals surface area contributed by atoms with Gasteiger partial charge in [0.1, 0.15) is 0 Å². The molecule has 1 N–H and O–H groups in total. The topological polar surface area (TPSA) is 61.4 Å². The molecule has 1 aromatic heterocycles. The summed E-state index contributed by atoms with van der Waals surface area (Å²) in [6.45, 7) is 3.42. The molecule has 1 aliphatic rings. The molecule has 2 aromatic rings. The van der Waals surface area contributed by atoms with Crippen molar-refractivity contribution in [2.75, 3.05) is 30.4 Å². The van der Waals surface area contributed by atoms with Crippen molar-refractivity contribution in [1.82, 2.24) is 14.9 Å². The highest BCUT2D eigenvalue weighted by Crippen LogP contribution is 2.19. The van der Waals surface area contributed by atoms with E-state index in [0.717, 1.165) is 30.6 Å². The summed E-state index contributed by atoms with van der Waals surface area (Å²) >= 11 is 0. The SMILES string of the molecule is Cc1cnc(N(C)C2CCCN(C(=O)Nc3ccccc3)C2)nc1. The lowest BCUT2D eigenvalue weighted by atomic mass is 10.1. The van der Waals surface area contributed by atoms with Gasteiger partial charge in [-0.25, -0.2) is 14.8 Å². The van der Waals surface area contributed by atoms with Gasteiger partial charge in [0.2, 0.25) is 5.95 Å². The zero-order valence-corrected chi connectivity index (χ0v) is 14.1. The predicted molar refractivity (Wildman–Crippen MR) is 95.2 cm³/mol. The lowest BCUT2D eigenvalue weighted by Crippen LogP contribution is -2.50. The van der Waals surface area contributed by atoms with Crippen molar-refractivity contribution in [2.24, 2.45) is 0 Å². The second-order valence-electron chi connectivity index (χ2n) is 6.21. The smallest absolute Gasteiger partial charge is 0.321 e. The Hall–Kier alpha value is -2.63.